The first-order chi connectivity index (χ1) is 9.88. The Morgan fingerprint density at radius 2 is 1.57 bits per heavy atom. The molecule has 0 fully saturated rings. The molecule has 0 aromatic heterocycles. The summed E-state index contributed by atoms with van der Waals surface area (Å²) in [6.45, 7) is 0.104. The third-order valence-electron chi connectivity index (χ3n) is 2.87. The molecule has 2 aromatic carbocycles. The number of hydrogen-bond acceptors (Lipinski definition) is 4. The summed E-state index contributed by atoms with van der Waals surface area (Å²) in [5.74, 6) is 0. The van der Waals surface area contributed by atoms with Crippen LogP contribution in [-0.2, 0) is 16.6 Å². The predicted octanol–water partition coefficient (Wildman–Crippen LogP) is 0.498. The van der Waals surface area contributed by atoms with Crippen molar-refractivity contribution in [2.45, 2.75) is 11.4 Å². The molecule has 5 nitrogen and oxygen atoms in total. The second-order valence-electron chi connectivity index (χ2n) is 4.39. The lowest BCUT2D eigenvalue weighted by Gasteiger charge is -2.07. The van der Waals surface area contributed by atoms with Crippen molar-refractivity contribution in [1.29, 1.82) is 0 Å². The minimum absolute atomic E-state index is 0.104. The summed E-state index contributed by atoms with van der Waals surface area (Å²) >= 11 is 5.72. The van der Waals surface area contributed by atoms with Gasteiger partial charge >= 0.3 is 7.12 Å². The SMILES string of the molecule is O=S(=O)(NCc1ccc(B(O)O)cc1)c1ccc(Cl)cc1. The Balaban J connectivity index is 2.06. The van der Waals surface area contributed by atoms with Crippen LogP contribution in [0.3, 0.4) is 0 Å². The molecule has 110 valence electrons. The number of sulfonamides is 1. The van der Waals surface area contributed by atoms with Crippen LogP contribution in [0.4, 0.5) is 0 Å². The predicted molar refractivity (Wildman–Crippen MR) is 81.7 cm³/mol. The topological polar surface area (TPSA) is 86.6 Å². The van der Waals surface area contributed by atoms with E-state index in [1.807, 2.05) is 0 Å². The summed E-state index contributed by atoms with van der Waals surface area (Å²) in [7, 11) is -5.15. The normalized spacial score (nSPS) is 11.4. The summed E-state index contributed by atoms with van der Waals surface area (Å²) in [5.41, 5.74) is 1.05. The summed E-state index contributed by atoms with van der Waals surface area (Å²) in [6, 6.07) is 12.2. The lowest BCUT2D eigenvalue weighted by molar-refractivity contribution is 0.426. The monoisotopic (exact) mass is 325 g/mol. The van der Waals surface area contributed by atoms with Gasteiger partial charge in [0, 0.05) is 11.6 Å². The smallest absolute Gasteiger partial charge is 0.423 e. The number of rotatable bonds is 5. The van der Waals surface area contributed by atoms with Gasteiger partial charge in [-0.2, -0.15) is 0 Å². The Bertz CT molecular complexity index is 702. The highest BCUT2D eigenvalue weighted by Gasteiger charge is 2.14. The summed E-state index contributed by atoms with van der Waals surface area (Å²) in [5, 5.41) is 18.4. The zero-order chi connectivity index (χ0) is 15.5. The molecular weight excluding hydrogens is 312 g/mol. The van der Waals surface area contributed by atoms with E-state index >= 15 is 0 Å². The van der Waals surface area contributed by atoms with Gasteiger partial charge in [0.1, 0.15) is 0 Å². The zero-order valence-electron chi connectivity index (χ0n) is 10.9. The second kappa shape index (κ2) is 6.59. The summed E-state index contributed by atoms with van der Waals surface area (Å²) in [6.07, 6.45) is 0. The van der Waals surface area contributed by atoms with Crippen LogP contribution in [0.25, 0.3) is 0 Å². The van der Waals surface area contributed by atoms with E-state index in [1.165, 1.54) is 36.4 Å². The Labute approximate surface area is 128 Å². The molecule has 2 rings (SSSR count). The van der Waals surface area contributed by atoms with Gasteiger partial charge < -0.3 is 10.0 Å². The fraction of sp³-hybridized carbons (Fsp3) is 0.0769. The Morgan fingerprint density at radius 1 is 1.00 bits per heavy atom. The largest absolute Gasteiger partial charge is 0.488 e. The highest BCUT2D eigenvalue weighted by atomic mass is 35.5. The molecule has 0 bridgehead atoms. The van der Waals surface area contributed by atoms with Crippen molar-refractivity contribution >= 4 is 34.2 Å². The lowest BCUT2D eigenvalue weighted by Crippen LogP contribution is -2.30. The fourth-order valence-electron chi connectivity index (χ4n) is 1.68. The molecule has 2 aromatic rings. The van der Waals surface area contributed by atoms with E-state index in [0.717, 1.165) is 0 Å². The van der Waals surface area contributed by atoms with Crippen LogP contribution in [0.2, 0.25) is 5.02 Å². The standard InChI is InChI=1S/C13H13BClNO4S/c15-12-5-7-13(8-6-12)21(19,20)16-9-10-1-3-11(4-2-10)14(17)18/h1-8,16-18H,9H2. The molecule has 0 saturated carbocycles. The van der Waals surface area contributed by atoms with E-state index < -0.39 is 17.1 Å². The van der Waals surface area contributed by atoms with Crippen LogP contribution in [0, 0.1) is 0 Å². The lowest BCUT2D eigenvalue weighted by atomic mass is 9.80. The minimum Gasteiger partial charge on any atom is -0.423 e. The molecule has 21 heavy (non-hydrogen) atoms. The molecule has 3 N–H and O–H groups in total. The molecule has 8 heteroatoms. The maximum absolute atomic E-state index is 12.1. The van der Waals surface area contributed by atoms with Crippen LogP contribution < -0.4 is 10.2 Å². The number of halogens is 1. The van der Waals surface area contributed by atoms with Crippen molar-refractivity contribution in [1.82, 2.24) is 4.72 Å². The molecule has 0 aliphatic rings. The highest BCUT2D eigenvalue weighted by molar-refractivity contribution is 7.89. The molecule has 0 amide bonds. The number of nitrogens with one attached hydrogen (secondary N) is 1. The van der Waals surface area contributed by atoms with E-state index in [4.69, 9.17) is 21.6 Å². The van der Waals surface area contributed by atoms with E-state index in [-0.39, 0.29) is 11.4 Å². The van der Waals surface area contributed by atoms with Crippen LogP contribution >= 0.6 is 11.6 Å². The van der Waals surface area contributed by atoms with E-state index in [9.17, 15) is 8.42 Å². The van der Waals surface area contributed by atoms with Crippen molar-refractivity contribution < 1.29 is 18.5 Å². The van der Waals surface area contributed by atoms with Gasteiger partial charge in [-0.25, -0.2) is 13.1 Å². The second-order valence-corrected chi connectivity index (χ2v) is 6.60. The molecule has 0 spiro atoms. The summed E-state index contributed by atoms with van der Waals surface area (Å²) < 4.78 is 26.6. The van der Waals surface area contributed by atoms with E-state index in [1.54, 1.807) is 12.1 Å². The Morgan fingerprint density at radius 3 is 2.10 bits per heavy atom. The zero-order valence-corrected chi connectivity index (χ0v) is 12.5. The van der Waals surface area contributed by atoms with E-state index in [0.29, 0.717) is 16.0 Å². The van der Waals surface area contributed by atoms with Gasteiger partial charge in [-0.3, -0.25) is 0 Å². The first-order valence-electron chi connectivity index (χ1n) is 6.09. The van der Waals surface area contributed by atoms with Crippen LogP contribution in [0.1, 0.15) is 5.56 Å². The molecule has 0 unspecified atom stereocenters. The van der Waals surface area contributed by atoms with E-state index in [2.05, 4.69) is 4.72 Å². The summed E-state index contributed by atoms with van der Waals surface area (Å²) in [4.78, 5) is 0.134. The number of hydrogen-bond donors (Lipinski definition) is 3. The number of benzene rings is 2. The Hall–Kier alpha value is -1.38. The van der Waals surface area contributed by atoms with Gasteiger partial charge in [-0.05, 0) is 35.3 Å². The van der Waals surface area contributed by atoms with Gasteiger partial charge in [0.25, 0.3) is 0 Å². The molecule has 0 radical (unpaired) electrons. The maximum Gasteiger partial charge on any atom is 0.488 e. The molecule has 0 heterocycles. The maximum atomic E-state index is 12.1. The first kappa shape index (κ1) is 16.0. The van der Waals surface area contributed by atoms with Gasteiger partial charge in [-0.1, -0.05) is 35.9 Å². The third kappa shape index (κ3) is 4.29. The molecule has 0 aliphatic carbocycles. The van der Waals surface area contributed by atoms with Crippen molar-refractivity contribution in [2.75, 3.05) is 0 Å². The van der Waals surface area contributed by atoms with Crippen LogP contribution in [0.15, 0.2) is 53.4 Å². The van der Waals surface area contributed by atoms with Crippen LogP contribution in [-0.4, -0.2) is 25.6 Å². The van der Waals surface area contributed by atoms with Crippen molar-refractivity contribution in [3.8, 4) is 0 Å². The van der Waals surface area contributed by atoms with Gasteiger partial charge in [0.05, 0.1) is 4.90 Å². The average molecular weight is 326 g/mol. The van der Waals surface area contributed by atoms with Crippen molar-refractivity contribution in [3.63, 3.8) is 0 Å². The highest BCUT2D eigenvalue weighted by Crippen LogP contribution is 2.14. The fourth-order valence-corrected chi connectivity index (χ4v) is 2.83. The average Bonchev–Trinajstić information content (AvgIpc) is 2.46. The van der Waals surface area contributed by atoms with Gasteiger partial charge in [-0.15, -0.1) is 0 Å². The third-order valence-corrected chi connectivity index (χ3v) is 4.54. The van der Waals surface area contributed by atoms with Gasteiger partial charge in [0.15, 0.2) is 0 Å². The Kier molecular flexibility index (Phi) is 5.02. The quantitative estimate of drug-likeness (QED) is 0.699. The molecule has 0 atom stereocenters. The molecular formula is C13H13BClNO4S. The van der Waals surface area contributed by atoms with Crippen LogP contribution in [0.5, 0.6) is 0 Å². The first-order valence-corrected chi connectivity index (χ1v) is 7.95. The van der Waals surface area contributed by atoms with Crippen molar-refractivity contribution in [2.24, 2.45) is 0 Å². The molecule has 0 aliphatic heterocycles. The minimum atomic E-state index is -3.61. The van der Waals surface area contributed by atoms with Crippen molar-refractivity contribution in [3.05, 3.63) is 59.1 Å². The molecule has 0 saturated heterocycles. The van der Waals surface area contributed by atoms with Gasteiger partial charge in [0.2, 0.25) is 10.0 Å².